The van der Waals surface area contributed by atoms with E-state index in [1.54, 1.807) is 42.3 Å². The molecular weight excluding hydrogens is 356 g/mol. The number of aromatic nitrogens is 3. The van der Waals surface area contributed by atoms with Crippen LogP contribution in [-0.2, 0) is 4.74 Å². The molecule has 0 saturated heterocycles. The molecule has 0 fully saturated rings. The number of nitriles is 1. The summed E-state index contributed by atoms with van der Waals surface area (Å²) >= 11 is 0. The zero-order valence-electron chi connectivity index (χ0n) is 16.1. The lowest BCUT2D eigenvalue weighted by Gasteiger charge is -2.19. The van der Waals surface area contributed by atoms with Gasteiger partial charge in [0.1, 0.15) is 5.60 Å². The van der Waals surface area contributed by atoms with Crippen molar-refractivity contribution in [3.8, 4) is 28.9 Å². The molecule has 7 heteroatoms. The Kier molecular flexibility index (Phi) is 5.14. The molecule has 0 aliphatic heterocycles. The maximum Gasteiger partial charge on any atom is 0.340 e. The maximum absolute atomic E-state index is 12.1. The highest BCUT2D eigenvalue weighted by atomic mass is 16.6. The second-order valence-corrected chi connectivity index (χ2v) is 7.08. The fourth-order valence-corrected chi connectivity index (χ4v) is 2.59. The number of carbonyl (C=O) groups is 1. The Hall–Kier alpha value is -3.66. The molecule has 0 spiro atoms. The number of carbonyl (C=O) groups excluding carboxylic acids is 1. The number of ether oxygens (including phenoxy) is 2. The van der Waals surface area contributed by atoms with Crippen molar-refractivity contribution in [3.05, 3.63) is 59.9 Å². The minimum Gasteiger partial charge on any atom is -0.480 e. The SMILES string of the molecule is COc1c(-c2ccc(C#N)cc2)cnn1-c1ccc(C(=O)OC(C)(C)C)cn1. The van der Waals surface area contributed by atoms with Crippen LogP contribution in [0.3, 0.4) is 0 Å². The van der Waals surface area contributed by atoms with Crippen LogP contribution in [0.1, 0.15) is 36.7 Å². The van der Waals surface area contributed by atoms with Gasteiger partial charge in [0.05, 0.1) is 36.1 Å². The van der Waals surface area contributed by atoms with Gasteiger partial charge in [-0.1, -0.05) is 12.1 Å². The molecule has 28 heavy (non-hydrogen) atoms. The summed E-state index contributed by atoms with van der Waals surface area (Å²) in [6.07, 6.45) is 3.12. The van der Waals surface area contributed by atoms with E-state index in [-0.39, 0.29) is 0 Å². The van der Waals surface area contributed by atoms with Crippen molar-refractivity contribution >= 4 is 5.97 Å². The quantitative estimate of drug-likeness (QED) is 0.644. The molecule has 0 atom stereocenters. The summed E-state index contributed by atoms with van der Waals surface area (Å²) in [6.45, 7) is 5.43. The van der Waals surface area contributed by atoms with Gasteiger partial charge in [-0.25, -0.2) is 9.78 Å². The third-order valence-electron chi connectivity index (χ3n) is 3.84. The van der Waals surface area contributed by atoms with Gasteiger partial charge in [0.25, 0.3) is 0 Å². The van der Waals surface area contributed by atoms with Crippen molar-refractivity contribution in [3.63, 3.8) is 0 Å². The molecule has 0 bridgehead atoms. The molecular formula is C21H20N4O3. The van der Waals surface area contributed by atoms with E-state index in [9.17, 15) is 4.79 Å². The van der Waals surface area contributed by atoms with Crippen molar-refractivity contribution in [2.24, 2.45) is 0 Å². The van der Waals surface area contributed by atoms with Gasteiger partial charge in [-0.05, 0) is 50.6 Å². The molecule has 2 aromatic heterocycles. The van der Waals surface area contributed by atoms with E-state index < -0.39 is 11.6 Å². The van der Waals surface area contributed by atoms with Crippen molar-refractivity contribution in [2.45, 2.75) is 26.4 Å². The van der Waals surface area contributed by atoms with Crippen LogP contribution in [0, 0.1) is 11.3 Å². The molecule has 0 amide bonds. The summed E-state index contributed by atoms with van der Waals surface area (Å²) < 4.78 is 12.4. The predicted molar refractivity (Wildman–Crippen MR) is 103 cm³/mol. The third kappa shape index (κ3) is 4.01. The highest BCUT2D eigenvalue weighted by Gasteiger charge is 2.19. The van der Waals surface area contributed by atoms with Gasteiger partial charge in [-0.2, -0.15) is 15.0 Å². The van der Waals surface area contributed by atoms with Gasteiger partial charge in [-0.15, -0.1) is 0 Å². The number of rotatable bonds is 4. The molecule has 0 radical (unpaired) electrons. The third-order valence-corrected chi connectivity index (χ3v) is 3.84. The summed E-state index contributed by atoms with van der Waals surface area (Å²) in [6, 6.07) is 12.6. The summed E-state index contributed by atoms with van der Waals surface area (Å²) in [4.78, 5) is 16.5. The summed E-state index contributed by atoms with van der Waals surface area (Å²) in [5.74, 6) is 0.573. The van der Waals surface area contributed by atoms with E-state index in [1.807, 2.05) is 32.9 Å². The summed E-state index contributed by atoms with van der Waals surface area (Å²) in [7, 11) is 1.55. The first-order valence-corrected chi connectivity index (χ1v) is 8.64. The molecule has 2 heterocycles. The Morgan fingerprint density at radius 1 is 1.11 bits per heavy atom. The second-order valence-electron chi connectivity index (χ2n) is 7.08. The predicted octanol–water partition coefficient (Wildman–Crippen LogP) is 3.77. The lowest BCUT2D eigenvalue weighted by molar-refractivity contribution is 0.00691. The Bertz CT molecular complexity index is 1020. The van der Waals surface area contributed by atoms with Gasteiger partial charge in [0, 0.05) is 6.20 Å². The molecule has 3 aromatic rings. The average Bonchev–Trinajstić information content (AvgIpc) is 3.11. The molecule has 3 rings (SSSR count). The maximum atomic E-state index is 12.1. The van der Waals surface area contributed by atoms with Crippen molar-refractivity contribution < 1.29 is 14.3 Å². The fraction of sp³-hybridized carbons (Fsp3) is 0.238. The lowest BCUT2D eigenvalue weighted by Crippen LogP contribution is -2.24. The molecule has 0 aliphatic rings. The molecule has 0 unspecified atom stereocenters. The minimum atomic E-state index is -0.572. The number of pyridine rings is 1. The van der Waals surface area contributed by atoms with Gasteiger partial charge < -0.3 is 9.47 Å². The largest absolute Gasteiger partial charge is 0.480 e. The smallest absolute Gasteiger partial charge is 0.340 e. The Morgan fingerprint density at radius 2 is 1.82 bits per heavy atom. The van der Waals surface area contributed by atoms with Crippen LogP contribution < -0.4 is 4.74 Å². The number of esters is 1. The van der Waals surface area contributed by atoms with Crippen molar-refractivity contribution in [2.75, 3.05) is 7.11 Å². The Morgan fingerprint density at radius 3 is 2.36 bits per heavy atom. The topological polar surface area (TPSA) is 90.0 Å². The van der Waals surface area contributed by atoms with E-state index in [0.717, 1.165) is 11.1 Å². The summed E-state index contributed by atoms with van der Waals surface area (Å²) in [5.41, 5.74) is 2.00. The number of methoxy groups -OCH3 is 1. The first kappa shape index (κ1) is 19.1. The molecule has 7 nitrogen and oxygen atoms in total. The van der Waals surface area contributed by atoms with Crippen LogP contribution in [0.5, 0.6) is 5.88 Å². The molecule has 0 saturated carbocycles. The Labute approximate surface area is 163 Å². The van der Waals surface area contributed by atoms with Gasteiger partial charge in [0.15, 0.2) is 5.82 Å². The van der Waals surface area contributed by atoms with E-state index in [0.29, 0.717) is 22.8 Å². The van der Waals surface area contributed by atoms with Gasteiger partial charge >= 0.3 is 5.97 Å². The standard InChI is InChI=1S/C21H20N4O3/c1-21(2,3)28-20(26)16-9-10-18(23-12-16)25-19(27-4)17(13-24-25)15-7-5-14(11-22)6-8-15/h5-10,12-13H,1-4H3. The molecule has 0 N–H and O–H groups in total. The zero-order valence-corrected chi connectivity index (χ0v) is 16.1. The summed E-state index contributed by atoms with van der Waals surface area (Å²) in [5, 5.41) is 13.3. The van der Waals surface area contributed by atoms with Crippen LogP contribution in [0.4, 0.5) is 0 Å². The lowest BCUT2D eigenvalue weighted by atomic mass is 10.1. The molecule has 142 valence electrons. The van der Waals surface area contributed by atoms with Crippen LogP contribution in [-0.4, -0.2) is 33.4 Å². The molecule has 0 aliphatic carbocycles. The number of nitrogens with zero attached hydrogens (tertiary/aromatic N) is 4. The number of benzene rings is 1. The second kappa shape index (κ2) is 7.53. The highest BCUT2D eigenvalue weighted by molar-refractivity contribution is 5.89. The first-order chi connectivity index (χ1) is 13.3. The van der Waals surface area contributed by atoms with Crippen LogP contribution >= 0.6 is 0 Å². The van der Waals surface area contributed by atoms with E-state index in [4.69, 9.17) is 14.7 Å². The van der Waals surface area contributed by atoms with Crippen LogP contribution in [0.25, 0.3) is 16.9 Å². The van der Waals surface area contributed by atoms with Crippen molar-refractivity contribution in [1.82, 2.24) is 14.8 Å². The average molecular weight is 376 g/mol. The Balaban J connectivity index is 1.91. The van der Waals surface area contributed by atoms with Gasteiger partial charge in [-0.3, -0.25) is 0 Å². The highest BCUT2D eigenvalue weighted by Crippen LogP contribution is 2.31. The monoisotopic (exact) mass is 376 g/mol. The van der Waals surface area contributed by atoms with E-state index >= 15 is 0 Å². The normalized spacial score (nSPS) is 11.0. The fourth-order valence-electron chi connectivity index (χ4n) is 2.59. The van der Waals surface area contributed by atoms with Crippen molar-refractivity contribution in [1.29, 1.82) is 5.26 Å². The molecule has 1 aromatic carbocycles. The van der Waals surface area contributed by atoms with E-state index in [1.165, 1.54) is 6.20 Å². The minimum absolute atomic E-state index is 0.358. The van der Waals surface area contributed by atoms with Crippen LogP contribution in [0.15, 0.2) is 48.8 Å². The van der Waals surface area contributed by atoms with Crippen LogP contribution in [0.2, 0.25) is 0 Å². The van der Waals surface area contributed by atoms with E-state index in [2.05, 4.69) is 16.2 Å². The van der Waals surface area contributed by atoms with Gasteiger partial charge in [0.2, 0.25) is 5.88 Å². The number of hydrogen-bond acceptors (Lipinski definition) is 6. The first-order valence-electron chi connectivity index (χ1n) is 8.64. The number of hydrogen-bond donors (Lipinski definition) is 0. The zero-order chi connectivity index (χ0) is 20.3.